The van der Waals surface area contributed by atoms with Crippen molar-refractivity contribution in [3.63, 3.8) is 0 Å². The Bertz CT molecular complexity index is 465. The van der Waals surface area contributed by atoms with Crippen molar-refractivity contribution in [2.24, 2.45) is 0 Å². The summed E-state index contributed by atoms with van der Waals surface area (Å²) < 4.78 is 1.05. The van der Waals surface area contributed by atoms with Gasteiger partial charge in [-0.1, -0.05) is 34.1 Å². The summed E-state index contributed by atoms with van der Waals surface area (Å²) in [5.41, 5.74) is 7.73. The third-order valence-electron chi connectivity index (χ3n) is 1.94. The van der Waals surface area contributed by atoms with Gasteiger partial charge in [0.25, 0.3) is 0 Å². The Labute approximate surface area is 94.9 Å². The quantitative estimate of drug-likeness (QED) is 0.861. The second kappa shape index (κ2) is 3.71. The maximum absolute atomic E-state index is 5.66. The van der Waals surface area contributed by atoms with E-state index < -0.39 is 0 Å². The Morgan fingerprint density at radius 3 is 2.64 bits per heavy atom. The van der Waals surface area contributed by atoms with E-state index in [1.165, 1.54) is 11.3 Å². The van der Waals surface area contributed by atoms with Crippen molar-refractivity contribution in [2.75, 3.05) is 5.73 Å². The van der Waals surface area contributed by atoms with Crippen molar-refractivity contribution in [1.82, 2.24) is 4.98 Å². The van der Waals surface area contributed by atoms with Crippen LogP contribution < -0.4 is 5.73 Å². The van der Waals surface area contributed by atoms with E-state index in [-0.39, 0.29) is 0 Å². The monoisotopic (exact) mass is 268 g/mol. The molecule has 1 heterocycles. The van der Waals surface area contributed by atoms with Crippen LogP contribution in [0.3, 0.4) is 0 Å². The molecule has 0 saturated carbocycles. The summed E-state index contributed by atoms with van der Waals surface area (Å²) >= 11 is 5.02. The molecule has 0 radical (unpaired) electrons. The van der Waals surface area contributed by atoms with Crippen molar-refractivity contribution in [3.8, 4) is 11.3 Å². The first kappa shape index (κ1) is 9.68. The summed E-state index contributed by atoms with van der Waals surface area (Å²) in [4.78, 5) is 5.46. The summed E-state index contributed by atoms with van der Waals surface area (Å²) in [5.74, 6) is 0. The van der Waals surface area contributed by atoms with E-state index in [9.17, 15) is 0 Å². The van der Waals surface area contributed by atoms with E-state index in [4.69, 9.17) is 5.73 Å². The largest absolute Gasteiger partial charge is 0.375 e. The number of nitrogens with zero attached hydrogens (tertiary/aromatic N) is 1. The van der Waals surface area contributed by atoms with Crippen LogP contribution in [0, 0.1) is 6.92 Å². The standard InChI is InChI=1S/C10H9BrN2S/c1-6-9(13-10(12)14-6)7-4-2-3-5-8(7)11/h2-5H,1H3,(H2,12,13). The maximum atomic E-state index is 5.66. The average Bonchev–Trinajstić information content (AvgIpc) is 2.46. The van der Waals surface area contributed by atoms with E-state index in [1.54, 1.807) is 0 Å². The highest BCUT2D eigenvalue weighted by Gasteiger charge is 2.09. The second-order valence-corrected chi connectivity index (χ2v) is 5.03. The number of nitrogens with two attached hydrogens (primary N) is 1. The Balaban J connectivity index is 2.60. The van der Waals surface area contributed by atoms with Gasteiger partial charge in [-0.25, -0.2) is 4.98 Å². The number of thiazole rings is 1. The molecule has 14 heavy (non-hydrogen) atoms. The first-order chi connectivity index (χ1) is 6.68. The molecule has 2 nitrogen and oxygen atoms in total. The van der Waals surface area contributed by atoms with Gasteiger partial charge in [0.05, 0.1) is 5.69 Å². The molecule has 2 N–H and O–H groups in total. The van der Waals surface area contributed by atoms with Crippen LogP contribution in [0.5, 0.6) is 0 Å². The number of halogens is 1. The number of benzene rings is 1. The molecule has 0 aliphatic carbocycles. The molecule has 0 unspecified atom stereocenters. The van der Waals surface area contributed by atoms with Crippen LogP contribution in [0.4, 0.5) is 5.13 Å². The Morgan fingerprint density at radius 1 is 1.36 bits per heavy atom. The summed E-state index contributed by atoms with van der Waals surface area (Å²) in [5, 5.41) is 0.619. The third kappa shape index (κ3) is 1.67. The van der Waals surface area contributed by atoms with Gasteiger partial charge < -0.3 is 5.73 Å². The van der Waals surface area contributed by atoms with Gasteiger partial charge in [-0.3, -0.25) is 0 Å². The van der Waals surface area contributed by atoms with E-state index in [0.29, 0.717) is 5.13 Å². The number of aryl methyl sites for hydroxylation is 1. The van der Waals surface area contributed by atoms with E-state index in [1.807, 2.05) is 31.2 Å². The number of hydrogen-bond donors (Lipinski definition) is 1. The lowest BCUT2D eigenvalue weighted by atomic mass is 10.1. The number of rotatable bonds is 1. The van der Waals surface area contributed by atoms with E-state index >= 15 is 0 Å². The first-order valence-corrected chi connectivity index (χ1v) is 5.77. The summed E-state index contributed by atoms with van der Waals surface area (Å²) in [6.45, 7) is 2.03. The van der Waals surface area contributed by atoms with Gasteiger partial charge in [0.15, 0.2) is 5.13 Å². The normalized spacial score (nSPS) is 10.4. The number of nitrogen functional groups attached to an aromatic ring is 1. The highest BCUT2D eigenvalue weighted by molar-refractivity contribution is 9.10. The minimum absolute atomic E-state index is 0.619. The summed E-state index contributed by atoms with van der Waals surface area (Å²) in [6.07, 6.45) is 0. The first-order valence-electron chi connectivity index (χ1n) is 4.16. The SMILES string of the molecule is Cc1sc(N)nc1-c1ccccc1Br. The molecule has 1 aromatic heterocycles. The van der Waals surface area contributed by atoms with Gasteiger partial charge in [0, 0.05) is 14.9 Å². The minimum atomic E-state index is 0.619. The molecule has 72 valence electrons. The van der Waals surface area contributed by atoms with Crippen molar-refractivity contribution in [2.45, 2.75) is 6.92 Å². The molecule has 2 rings (SSSR count). The van der Waals surface area contributed by atoms with Crippen LogP contribution in [0.1, 0.15) is 4.88 Å². The average molecular weight is 269 g/mol. The molecule has 0 amide bonds. The number of hydrogen-bond acceptors (Lipinski definition) is 3. The summed E-state index contributed by atoms with van der Waals surface area (Å²) in [7, 11) is 0. The molecule has 0 saturated heterocycles. The molecule has 0 bridgehead atoms. The van der Waals surface area contributed by atoms with E-state index in [0.717, 1.165) is 20.6 Å². The van der Waals surface area contributed by atoms with Gasteiger partial charge in [0.1, 0.15) is 0 Å². The van der Waals surface area contributed by atoms with Crippen molar-refractivity contribution in [1.29, 1.82) is 0 Å². The van der Waals surface area contributed by atoms with Crippen LogP contribution in [0.25, 0.3) is 11.3 Å². The van der Waals surface area contributed by atoms with Crippen molar-refractivity contribution >= 4 is 32.4 Å². The highest BCUT2D eigenvalue weighted by Crippen LogP contribution is 2.33. The fourth-order valence-electron chi connectivity index (χ4n) is 1.32. The zero-order valence-corrected chi connectivity index (χ0v) is 10.0. The zero-order chi connectivity index (χ0) is 10.1. The Hall–Kier alpha value is -0.870. The lowest BCUT2D eigenvalue weighted by Crippen LogP contribution is -1.84. The second-order valence-electron chi connectivity index (χ2n) is 2.94. The molecule has 1 aromatic carbocycles. The Morgan fingerprint density at radius 2 is 2.07 bits per heavy atom. The number of anilines is 1. The number of aromatic nitrogens is 1. The fraction of sp³-hybridized carbons (Fsp3) is 0.100. The van der Waals surface area contributed by atoms with Crippen molar-refractivity contribution in [3.05, 3.63) is 33.6 Å². The molecule has 0 spiro atoms. The molecule has 4 heteroatoms. The molecule has 2 aromatic rings. The van der Waals surface area contributed by atoms with Crippen LogP contribution in [0.15, 0.2) is 28.7 Å². The predicted molar refractivity (Wildman–Crippen MR) is 64.4 cm³/mol. The van der Waals surface area contributed by atoms with Crippen LogP contribution in [-0.2, 0) is 0 Å². The highest BCUT2D eigenvalue weighted by atomic mass is 79.9. The van der Waals surface area contributed by atoms with Crippen molar-refractivity contribution < 1.29 is 0 Å². The van der Waals surface area contributed by atoms with Gasteiger partial charge in [-0.2, -0.15) is 0 Å². The van der Waals surface area contributed by atoms with Gasteiger partial charge in [0.2, 0.25) is 0 Å². The van der Waals surface area contributed by atoms with Gasteiger partial charge in [-0.15, -0.1) is 11.3 Å². The van der Waals surface area contributed by atoms with Crippen LogP contribution in [-0.4, -0.2) is 4.98 Å². The smallest absolute Gasteiger partial charge is 0.180 e. The lowest BCUT2D eigenvalue weighted by Gasteiger charge is -2.00. The lowest BCUT2D eigenvalue weighted by molar-refractivity contribution is 1.37. The third-order valence-corrected chi connectivity index (χ3v) is 3.43. The molecule has 0 atom stereocenters. The molecule has 0 aliphatic rings. The molecular formula is C10H9BrN2S. The van der Waals surface area contributed by atoms with Crippen LogP contribution >= 0.6 is 27.3 Å². The van der Waals surface area contributed by atoms with Gasteiger partial charge >= 0.3 is 0 Å². The fourth-order valence-corrected chi connectivity index (χ4v) is 2.50. The maximum Gasteiger partial charge on any atom is 0.180 e. The summed E-state index contributed by atoms with van der Waals surface area (Å²) in [6, 6.07) is 8.02. The Kier molecular flexibility index (Phi) is 2.56. The van der Waals surface area contributed by atoms with E-state index in [2.05, 4.69) is 20.9 Å². The predicted octanol–water partition coefficient (Wildman–Crippen LogP) is 3.46. The van der Waals surface area contributed by atoms with Gasteiger partial charge in [-0.05, 0) is 13.0 Å². The van der Waals surface area contributed by atoms with Crippen LogP contribution in [0.2, 0.25) is 0 Å². The minimum Gasteiger partial charge on any atom is -0.375 e. The topological polar surface area (TPSA) is 38.9 Å². The molecule has 0 aliphatic heterocycles. The molecular weight excluding hydrogens is 260 g/mol. The molecule has 0 fully saturated rings. The zero-order valence-electron chi connectivity index (χ0n) is 7.62.